The van der Waals surface area contributed by atoms with Crippen molar-refractivity contribution in [2.75, 3.05) is 0 Å². The lowest BCUT2D eigenvalue weighted by Gasteiger charge is -2.06. The second kappa shape index (κ2) is 8.76. The van der Waals surface area contributed by atoms with Gasteiger partial charge in [0.2, 0.25) is 0 Å². The Morgan fingerprint density at radius 1 is 0.667 bits per heavy atom. The fraction of sp³-hybridized carbons (Fsp3) is 0.222. The van der Waals surface area contributed by atoms with Crippen molar-refractivity contribution in [2.45, 2.75) is 26.1 Å². The molecular formula is C18H16F2O4. The number of hydrogen-bond donors (Lipinski definition) is 0. The van der Waals surface area contributed by atoms with E-state index in [0.29, 0.717) is 11.1 Å². The molecule has 24 heavy (non-hydrogen) atoms. The number of halogens is 2. The van der Waals surface area contributed by atoms with Crippen molar-refractivity contribution < 1.29 is 27.8 Å². The van der Waals surface area contributed by atoms with Gasteiger partial charge in [-0.15, -0.1) is 0 Å². The van der Waals surface area contributed by atoms with Crippen LogP contribution in [0.3, 0.4) is 0 Å². The molecule has 0 aromatic heterocycles. The zero-order valence-electron chi connectivity index (χ0n) is 12.8. The molecule has 0 unspecified atom stereocenters. The van der Waals surface area contributed by atoms with Gasteiger partial charge in [-0.25, -0.2) is 8.78 Å². The van der Waals surface area contributed by atoms with Gasteiger partial charge in [0.15, 0.2) is 0 Å². The van der Waals surface area contributed by atoms with Crippen molar-refractivity contribution in [2.24, 2.45) is 0 Å². The zero-order valence-corrected chi connectivity index (χ0v) is 12.8. The molecule has 4 nitrogen and oxygen atoms in total. The predicted octanol–water partition coefficient (Wildman–Crippen LogP) is 3.53. The lowest BCUT2D eigenvalue weighted by atomic mass is 10.2. The minimum absolute atomic E-state index is 0.0176. The highest BCUT2D eigenvalue weighted by Gasteiger charge is 2.10. The maximum atomic E-state index is 12.7. The van der Waals surface area contributed by atoms with E-state index in [1.54, 1.807) is 0 Å². The molecule has 2 aromatic carbocycles. The molecule has 0 heterocycles. The van der Waals surface area contributed by atoms with E-state index >= 15 is 0 Å². The van der Waals surface area contributed by atoms with Crippen molar-refractivity contribution >= 4 is 11.9 Å². The third-order valence-corrected chi connectivity index (χ3v) is 3.16. The molecule has 0 saturated heterocycles. The van der Waals surface area contributed by atoms with Crippen LogP contribution in [-0.4, -0.2) is 11.9 Å². The highest BCUT2D eigenvalue weighted by atomic mass is 19.1. The van der Waals surface area contributed by atoms with Gasteiger partial charge in [-0.3, -0.25) is 9.59 Å². The van der Waals surface area contributed by atoms with Crippen LogP contribution in [0.2, 0.25) is 0 Å². The molecule has 0 N–H and O–H groups in total. The monoisotopic (exact) mass is 334 g/mol. The first-order chi connectivity index (χ1) is 11.5. The molecule has 0 fully saturated rings. The average Bonchev–Trinajstić information content (AvgIpc) is 2.59. The van der Waals surface area contributed by atoms with Crippen LogP contribution in [0.15, 0.2) is 48.5 Å². The maximum Gasteiger partial charge on any atom is 0.306 e. The van der Waals surface area contributed by atoms with Crippen molar-refractivity contribution in [1.29, 1.82) is 0 Å². The summed E-state index contributed by atoms with van der Waals surface area (Å²) in [5.41, 5.74) is 1.31. The molecule has 0 radical (unpaired) electrons. The Kier molecular flexibility index (Phi) is 6.42. The molecular weight excluding hydrogens is 318 g/mol. The first-order valence-corrected chi connectivity index (χ1v) is 7.33. The normalized spacial score (nSPS) is 10.2. The van der Waals surface area contributed by atoms with E-state index in [9.17, 15) is 18.4 Å². The van der Waals surface area contributed by atoms with Crippen LogP contribution in [0.25, 0.3) is 0 Å². The van der Waals surface area contributed by atoms with E-state index in [2.05, 4.69) is 0 Å². The van der Waals surface area contributed by atoms with Gasteiger partial charge in [-0.2, -0.15) is 0 Å². The largest absolute Gasteiger partial charge is 0.461 e. The van der Waals surface area contributed by atoms with Gasteiger partial charge >= 0.3 is 11.9 Å². The Labute approximate surface area is 138 Å². The molecule has 2 aromatic rings. The van der Waals surface area contributed by atoms with Gasteiger partial charge in [0, 0.05) is 0 Å². The van der Waals surface area contributed by atoms with Crippen molar-refractivity contribution in [3.8, 4) is 0 Å². The van der Waals surface area contributed by atoms with Crippen molar-refractivity contribution in [3.63, 3.8) is 0 Å². The number of benzene rings is 2. The molecule has 6 heteroatoms. The van der Waals surface area contributed by atoms with Gasteiger partial charge in [0.25, 0.3) is 0 Å². The van der Waals surface area contributed by atoms with Gasteiger partial charge in [0.05, 0.1) is 12.8 Å². The topological polar surface area (TPSA) is 52.6 Å². The van der Waals surface area contributed by atoms with Crippen LogP contribution < -0.4 is 0 Å². The van der Waals surface area contributed by atoms with E-state index in [1.165, 1.54) is 48.5 Å². The van der Waals surface area contributed by atoms with E-state index in [4.69, 9.17) is 9.47 Å². The van der Waals surface area contributed by atoms with Crippen LogP contribution in [0, 0.1) is 11.6 Å². The minimum Gasteiger partial charge on any atom is -0.461 e. The molecule has 0 aliphatic carbocycles. The van der Waals surface area contributed by atoms with Crippen LogP contribution in [0.5, 0.6) is 0 Å². The molecule has 0 spiro atoms. The summed E-state index contributed by atoms with van der Waals surface area (Å²) in [6.45, 7) is 0.0352. The first-order valence-electron chi connectivity index (χ1n) is 7.33. The highest BCUT2D eigenvalue weighted by molar-refractivity contribution is 5.77. The molecule has 0 saturated carbocycles. The van der Waals surface area contributed by atoms with E-state index in [1.807, 2.05) is 0 Å². The lowest BCUT2D eigenvalue weighted by Crippen LogP contribution is -2.10. The molecule has 0 atom stereocenters. The average molecular weight is 334 g/mol. The first kappa shape index (κ1) is 17.6. The van der Waals surface area contributed by atoms with E-state index in [-0.39, 0.29) is 37.7 Å². The standard InChI is InChI=1S/C18H16F2O4/c19-15-5-1-13(2-6-15)11-23-17(21)9-10-18(22)24-12-14-3-7-16(20)8-4-14/h1-8H,9-12H2. The van der Waals surface area contributed by atoms with Gasteiger partial charge < -0.3 is 9.47 Å². The number of hydrogen-bond acceptors (Lipinski definition) is 4. The molecule has 0 amide bonds. The Bertz CT molecular complexity index is 620. The second-order valence-corrected chi connectivity index (χ2v) is 5.07. The van der Waals surface area contributed by atoms with Gasteiger partial charge in [0.1, 0.15) is 24.8 Å². The van der Waals surface area contributed by atoms with E-state index in [0.717, 1.165) is 0 Å². The highest BCUT2D eigenvalue weighted by Crippen LogP contribution is 2.07. The number of carbonyl (C=O) groups is 2. The number of esters is 2. The van der Waals surface area contributed by atoms with Crippen LogP contribution >= 0.6 is 0 Å². The smallest absolute Gasteiger partial charge is 0.306 e. The van der Waals surface area contributed by atoms with Crippen molar-refractivity contribution in [3.05, 3.63) is 71.3 Å². The van der Waals surface area contributed by atoms with E-state index < -0.39 is 11.9 Å². The zero-order chi connectivity index (χ0) is 17.4. The lowest BCUT2D eigenvalue weighted by molar-refractivity contribution is -0.151. The van der Waals surface area contributed by atoms with Crippen molar-refractivity contribution in [1.82, 2.24) is 0 Å². The van der Waals surface area contributed by atoms with Gasteiger partial charge in [-0.1, -0.05) is 24.3 Å². The third kappa shape index (κ3) is 6.16. The molecule has 0 bridgehead atoms. The summed E-state index contributed by atoms with van der Waals surface area (Å²) in [7, 11) is 0. The Morgan fingerprint density at radius 2 is 1.00 bits per heavy atom. The summed E-state index contributed by atoms with van der Waals surface area (Å²) in [5.74, 6) is -1.82. The minimum atomic E-state index is -0.543. The summed E-state index contributed by atoms with van der Waals surface area (Å²) in [5, 5.41) is 0. The fourth-order valence-corrected chi connectivity index (χ4v) is 1.84. The molecule has 2 rings (SSSR count). The number of ether oxygens (including phenoxy) is 2. The summed E-state index contributed by atoms with van der Waals surface area (Å²) < 4.78 is 35.4. The Balaban J connectivity index is 1.64. The van der Waals surface area contributed by atoms with Crippen LogP contribution in [0.1, 0.15) is 24.0 Å². The Morgan fingerprint density at radius 3 is 1.33 bits per heavy atom. The molecule has 0 aliphatic rings. The summed E-state index contributed by atoms with van der Waals surface area (Å²) in [6, 6.07) is 11.1. The summed E-state index contributed by atoms with van der Waals surface area (Å²) >= 11 is 0. The third-order valence-electron chi connectivity index (χ3n) is 3.16. The fourth-order valence-electron chi connectivity index (χ4n) is 1.84. The molecule has 0 aliphatic heterocycles. The number of rotatable bonds is 7. The predicted molar refractivity (Wildman–Crippen MR) is 81.6 cm³/mol. The molecule has 126 valence electrons. The second-order valence-electron chi connectivity index (χ2n) is 5.07. The van der Waals surface area contributed by atoms with Crippen LogP contribution in [-0.2, 0) is 32.3 Å². The summed E-state index contributed by atoms with van der Waals surface area (Å²) in [4.78, 5) is 23.1. The summed E-state index contributed by atoms with van der Waals surface area (Å²) in [6.07, 6.45) is -0.215. The number of carbonyl (C=O) groups excluding carboxylic acids is 2. The quantitative estimate of drug-likeness (QED) is 0.727. The SMILES string of the molecule is O=C(CCC(=O)OCc1ccc(F)cc1)OCc1ccc(F)cc1. The Hall–Kier alpha value is -2.76. The van der Waals surface area contributed by atoms with Gasteiger partial charge in [-0.05, 0) is 35.4 Å². The maximum absolute atomic E-state index is 12.7. The van der Waals surface area contributed by atoms with Crippen LogP contribution in [0.4, 0.5) is 8.78 Å².